The van der Waals surface area contributed by atoms with Crippen LogP contribution in [0.1, 0.15) is 5.69 Å². The van der Waals surface area contributed by atoms with E-state index in [9.17, 15) is 18.5 Å². The molecule has 0 aliphatic carbocycles. The number of benzene rings is 2. The van der Waals surface area contributed by atoms with Gasteiger partial charge in [0.2, 0.25) is 0 Å². The second-order valence-electron chi connectivity index (χ2n) is 5.91. The highest BCUT2D eigenvalue weighted by Crippen LogP contribution is 2.22. The smallest absolute Gasteiger partial charge is 0.363 e. The van der Waals surface area contributed by atoms with Gasteiger partial charge in [-0.05, 0) is 31.2 Å². The molecule has 3 aromatic rings. The number of anilines is 1. The average molecular weight is 417 g/mol. The highest BCUT2D eigenvalue weighted by molar-refractivity contribution is 7.84. The van der Waals surface area contributed by atoms with Crippen molar-refractivity contribution in [3.05, 3.63) is 58.3 Å². The van der Waals surface area contributed by atoms with E-state index in [1.807, 2.05) is 6.07 Å². The van der Waals surface area contributed by atoms with Crippen molar-refractivity contribution in [2.75, 3.05) is 12.4 Å². The Morgan fingerprint density at radius 1 is 1.21 bits per heavy atom. The van der Waals surface area contributed by atoms with Crippen LogP contribution in [0.4, 0.5) is 11.6 Å². The Hall–Kier alpha value is -3.80. The Labute approximate surface area is 165 Å². The van der Waals surface area contributed by atoms with Crippen LogP contribution >= 0.6 is 0 Å². The predicted octanol–water partition coefficient (Wildman–Crippen LogP) is 0.0511. The maximum atomic E-state index is 12.4. The Morgan fingerprint density at radius 2 is 1.90 bits per heavy atom. The summed E-state index contributed by atoms with van der Waals surface area (Å²) in [4.78, 5) is 18.4. The van der Waals surface area contributed by atoms with Gasteiger partial charge >= 0.3 is 16.0 Å². The van der Waals surface area contributed by atoms with Gasteiger partial charge in [-0.1, -0.05) is 0 Å². The topological polar surface area (TPSA) is 164 Å². The Morgan fingerprint density at radius 3 is 2.52 bits per heavy atom. The number of nitrogens with two attached hydrogens (primary N) is 1. The summed E-state index contributed by atoms with van der Waals surface area (Å²) in [7, 11) is -2.52. The Balaban J connectivity index is 1.89. The van der Waals surface area contributed by atoms with Crippen molar-refractivity contribution >= 4 is 38.5 Å². The molecule has 12 heteroatoms. The van der Waals surface area contributed by atoms with Crippen molar-refractivity contribution in [2.24, 2.45) is 5.73 Å². The second-order valence-corrected chi connectivity index (χ2v) is 7.59. The highest BCUT2D eigenvalue weighted by Gasteiger charge is 2.18. The number of nitro benzene ring substituents is 1. The largest absolute Gasteiger partial charge is 0.497 e. The minimum atomic E-state index is -4.06. The van der Waals surface area contributed by atoms with Crippen LogP contribution in [0.3, 0.4) is 0 Å². The lowest BCUT2D eigenvalue weighted by Crippen LogP contribution is -2.80. The van der Waals surface area contributed by atoms with Crippen molar-refractivity contribution in [3.63, 3.8) is 0 Å². The maximum absolute atomic E-state index is 12.4. The molecule has 150 valence electrons. The molecule has 0 aliphatic heterocycles. The molecule has 0 spiro atoms. The summed E-state index contributed by atoms with van der Waals surface area (Å²) < 4.78 is 32.1. The lowest BCUT2D eigenvalue weighted by Gasteiger charge is -2.06. The Kier molecular flexibility index (Phi) is 5.28. The van der Waals surface area contributed by atoms with Crippen molar-refractivity contribution in [3.8, 4) is 5.75 Å². The zero-order valence-electron chi connectivity index (χ0n) is 15.4. The van der Waals surface area contributed by atoms with Gasteiger partial charge in [0.05, 0.1) is 23.2 Å². The lowest BCUT2D eigenvalue weighted by molar-refractivity contribution is -0.384. The highest BCUT2D eigenvalue weighted by atomic mass is 32.2. The number of guanidine groups is 1. The number of sulfonamides is 1. The quantitative estimate of drug-likeness (QED) is 0.225. The van der Waals surface area contributed by atoms with Crippen LogP contribution in [0.5, 0.6) is 5.75 Å². The predicted molar refractivity (Wildman–Crippen MR) is 105 cm³/mol. The first-order valence-electron chi connectivity index (χ1n) is 8.19. The van der Waals surface area contributed by atoms with E-state index < -0.39 is 14.9 Å². The van der Waals surface area contributed by atoms with Crippen LogP contribution in [-0.4, -0.2) is 36.4 Å². The van der Waals surface area contributed by atoms with Crippen LogP contribution in [0.15, 0.2) is 47.4 Å². The number of aryl methyl sites for hydroxylation is 1. The summed E-state index contributed by atoms with van der Waals surface area (Å²) in [6.07, 6.45) is 0. The molecule has 0 aliphatic rings. The average Bonchev–Trinajstić information content (AvgIpc) is 2.67. The molecule has 2 aromatic carbocycles. The molecule has 0 atom stereocenters. The number of nitrogens with one attached hydrogen (secondary N) is 2. The van der Waals surface area contributed by atoms with Gasteiger partial charge in [-0.3, -0.25) is 15.8 Å². The molecule has 0 saturated heterocycles. The van der Waals surface area contributed by atoms with Crippen molar-refractivity contribution in [1.29, 1.82) is 0 Å². The number of aromatic nitrogens is 2. The van der Waals surface area contributed by atoms with Crippen LogP contribution in [0.2, 0.25) is 0 Å². The first-order valence-corrected chi connectivity index (χ1v) is 9.67. The first-order chi connectivity index (χ1) is 13.7. The van der Waals surface area contributed by atoms with E-state index in [4.69, 9.17) is 10.5 Å². The van der Waals surface area contributed by atoms with Gasteiger partial charge in [0.15, 0.2) is 0 Å². The lowest BCUT2D eigenvalue weighted by atomic mass is 10.2. The van der Waals surface area contributed by atoms with Gasteiger partial charge in [-0.2, -0.15) is 17.8 Å². The molecule has 0 saturated carbocycles. The van der Waals surface area contributed by atoms with E-state index in [-0.39, 0.29) is 22.5 Å². The molecule has 29 heavy (non-hydrogen) atoms. The van der Waals surface area contributed by atoms with E-state index in [2.05, 4.69) is 19.7 Å². The monoisotopic (exact) mass is 417 g/mol. The molecule has 1 aromatic heterocycles. The summed E-state index contributed by atoms with van der Waals surface area (Å²) >= 11 is 0. The summed E-state index contributed by atoms with van der Waals surface area (Å²) in [5, 5.41) is 14.1. The third-order valence-corrected chi connectivity index (χ3v) is 5.32. The molecule has 0 amide bonds. The number of ether oxygens (including phenoxy) is 1. The van der Waals surface area contributed by atoms with Crippen molar-refractivity contribution < 1.29 is 22.5 Å². The number of nitrogens with zero attached hydrogens (tertiary/aromatic N) is 3. The van der Waals surface area contributed by atoms with Gasteiger partial charge < -0.3 is 4.74 Å². The van der Waals surface area contributed by atoms with Crippen LogP contribution in [0.25, 0.3) is 10.9 Å². The third kappa shape index (κ3) is 4.38. The van der Waals surface area contributed by atoms with Gasteiger partial charge in [0.1, 0.15) is 10.6 Å². The number of methoxy groups -OCH3 is 1. The summed E-state index contributed by atoms with van der Waals surface area (Å²) in [5.41, 5.74) is 6.78. The van der Waals surface area contributed by atoms with Gasteiger partial charge in [-0.25, -0.2) is 10.3 Å². The number of non-ortho nitro benzene ring substituents is 1. The third-order valence-electron chi connectivity index (χ3n) is 3.94. The fourth-order valence-electron chi connectivity index (χ4n) is 2.55. The van der Waals surface area contributed by atoms with Crippen LogP contribution in [-0.2, 0) is 10.0 Å². The standard InChI is InChI=1S/C17H16N6O5S/c1-10-14-8-5-12(28-2)9-15(14)20-17(19-10)21-16(18)22-29(26,27)13-6-3-11(4-7-13)23(24)25/h3-9H,1-2H3,(H3,18,19,20,21,22)/p+1. The fraction of sp³-hybridized carbons (Fsp3) is 0.118. The number of rotatable bonds is 5. The first kappa shape index (κ1) is 19.9. The molecule has 3 rings (SSSR count). The molecule has 1 heterocycles. The molecule has 0 bridgehead atoms. The van der Waals surface area contributed by atoms with Gasteiger partial charge in [-0.15, -0.1) is 0 Å². The summed E-state index contributed by atoms with van der Waals surface area (Å²) in [6.45, 7) is 1.78. The maximum Gasteiger partial charge on any atom is 0.363 e. The minimum Gasteiger partial charge on any atom is -0.497 e. The molecule has 0 fully saturated rings. The SMILES string of the molecule is COc1ccc2c(C)nc(NC(N)=[NH+]S(=O)(=O)c3ccc([N+](=O)[O-])cc3)nc2c1. The van der Waals surface area contributed by atoms with Crippen molar-refractivity contribution in [2.45, 2.75) is 11.8 Å². The number of nitro groups is 1. The summed E-state index contributed by atoms with van der Waals surface area (Å²) in [6, 6.07) is 9.70. The number of hydrogen-bond acceptors (Lipinski definition) is 7. The van der Waals surface area contributed by atoms with E-state index >= 15 is 0 Å². The molecule has 4 N–H and O–H groups in total. The minimum absolute atomic E-state index is 0.0900. The normalized spacial score (nSPS) is 12.0. The van der Waals surface area contributed by atoms with Gasteiger partial charge in [0, 0.05) is 23.6 Å². The molecule has 0 radical (unpaired) electrons. The molecular weight excluding hydrogens is 400 g/mol. The second kappa shape index (κ2) is 7.67. The van der Waals surface area contributed by atoms with E-state index in [0.717, 1.165) is 29.7 Å². The van der Waals surface area contributed by atoms with Crippen LogP contribution in [0, 0.1) is 17.0 Å². The number of hydrogen-bond donors (Lipinski definition) is 3. The summed E-state index contributed by atoms with van der Waals surface area (Å²) in [5.74, 6) is 0.370. The number of fused-ring (bicyclic) bond motifs is 1. The zero-order valence-corrected chi connectivity index (χ0v) is 16.2. The molecule has 11 nitrogen and oxygen atoms in total. The molecular formula is C17H17N6O5S+. The molecule has 0 unspecified atom stereocenters. The fourth-order valence-corrected chi connectivity index (χ4v) is 3.50. The van der Waals surface area contributed by atoms with E-state index in [0.29, 0.717) is 17.0 Å². The van der Waals surface area contributed by atoms with E-state index in [1.165, 1.54) is 7.11 Å². The van der Waals surface area contributed by atoms with E-state index in [1.54, 1.807) is 19.1 Å². The Bertz CT molecular complexity index is 1230. The van der Waals surface area contributed by atoms with Crippen molar-refractivity contribution in [1.82, 2.24) is 9.97 Å². The zero-order chi connectivity index (χ0) is 21.2. The van der Waals surface area contributed by atoms with Gasteiger partial charge in [0.25, 0.3) is 11.6 Å². The van der Waals surface area contributed by atoms with Crippen LogP contribution < -0.4 is 20.2 Å².